The lowest BCUT2D eigenvalue weighted by atomic mass is 9.83. The van der Waals surface area contributed by atoms with Gasteiger partial charge < -0.3 is 19.9 Å². The summed E-state index contributed by atoms with van der Waals surface area (Å²) >= 11 is 0. The summed E-state index contributed by atoms with van der Waals surface area (Å²) in [6.07, 6.45) is 1.71. The van der Waals surface area contributed by atoms with Crippen molar-refractivity contribution in [3.8, 4) is 23.3 Å². The Hall–Kier alpha value is -3.72. The van der Waals surface area contributed by atoms with Gasteiger partial charge >= 0.3 is 0 Å². The van der Waals surface area contributed by atoms with Gasteiger partial charge in [-0.2, -0.15) is 5.26 Å². The lowest BCUT2D eigenvalue weighted by Gasteiger charge is -2.27. The average molecular weight is 343 g/mol. The maximum Gasteiger partial charge on any atom is 0.231 e. The molecule has 3 aromatic rings. The second-order valence-electron chi connectivity index (χ2n) is 6.10. The zero-order valence-electron chi connectivity index (χ0n) is 13.6. The highest BCUT2D eigenvalue weighted by molar-refractivity contribution is 5.87. The summed E-state index contributed by atoms with van der Waals surface area (Å²) in [6.45, 7) is 0.195. The minimum Gasteiger partial charge on any atom is -0.454 e. The topological polar surface area (TPSA) is 90.4 Å². The first-order valence-electron chi connectivity index (χ1n) is 8.11. The van der Waals surface area contributed by atoms with E-state index in [0.29, 0.717) is 22.8 Å². The van der Waals surface area contributed by atoms with Crippen LogP contribution in [0, 0.1) is 11.3 Å². The van der Waals surface area contributed by atoms with Crippen LogP contribution < -0.4 is 19.9 Å². The van der Waals surface area contributed by atoms with E-state index in [0.717, 1.165) is 22.0 Å². The zero-order valence-corrected chi connectivity index (χ0v) is 13.6. The number of hydrogen-bond acceptors (Lipinski definition) is 6. The number of rotatable bonds is 1. The molecular weight excluding hydrogens is 330 g/mol. The van der Waals surface area contributed by atoms with E-state index in [2.05, 4.69) is 11.1 Å². The van der Waals surface area contributed by atoms with Gasteiger partial charge in [-0.05, 0) is 23.8 Å². The van der Waals surface area contributed by atoms with Gasteiger partial charge in [0.05, 0.1) is 5.92 Å². The molecule has 26 heavy (non-hydrogen) atoms. The number of allylic oxidation sites excluding steroid dienone is 1. The first-order valence-corrected chi connectivity index (χ1v) is 8.11. The van der Waals surface area contributed by atoms with Crippen LogP contribution in [-0.2, 0) is 0 Å². The Bertz CT molecular complexity index is 1130. The van der Waals surface area contributed by atoms with Crippen molar-refractivity contribution in [1.82, 2.24) is 4.98 Å². The minimum absolute atomic E-state index is 0.0980. The summed E-state index contributed by atoms with van der Waals surface area (Å²) in [4.78, 5) is 4.44. The molecule has 0 fully saturated rings. The summed E-state index contributed by atoms with van der Waals surface area (Å²) in [5, 5.41) is 10.6. The molecule has 0 radical (unpaired) electrons. The van der Waals surface area contributed by atoms with Crippen molar-refractivity contribution in [2.45, 2.75) is 5.92 Å². The third kappa shape index (κ3) is 2.01. The summed E-state index contributed by atoms with van der Waals surface area (Å²) in [5.74, 6) is 1.68. The van der Waals surface area contributed by atoms with Crippen LogP contribution in [-0.4, -0.2) is 11.8 Å². The third-order valence-corrected chi connectivity index (χ3v) is 4.69. The van der Waals surface area contributed by atoms with Crippen molar-refractivity contribution in [2.75, 3.05) is 6.79 Å². The van der Waals surface area contributed by atoms with E-state index < -0.39 is 0 Å². The lowest BCUT2D eigenvalue weighted by Crippen LogP contribution is -2.21. The number of nitrogens with zero attached hydrogens (tertiary/aromatic N) is 2. The molecule has 126 valence electrons. The normalized spacial score (nSPS) is 17.6. The van der Waals surface area contributed by atoms with E-state index in [1.165, 1.54) is 0 Å². The molecule has 2 aliphatic heterocycles. The van der Waals surface area contributed by atoms with Crippen LogP contribution in [0.1, 0.15) is 17.0 Å². The molecule has 0 saturated carbocycles. The fourth-order valence-corrected chi connectivity index (χ4v) is 3.49. The largest absolute Gasteiger partial charge is 0.454 e. The number of nitrogens with two attached hydrogens (primary N) is 1. The lowest BCUT2D eigenvalue weighted by molar-refractivity contribution is 0.174. The van der Waals surface area contributed by atoms with E-state index in [1.54, 1.807) is 6.20 Å². The molecule has 2 N–H and O–H groups in total. The Labute approximate surface area is 149 Å². The zero-order chi connectivity index (χ0) is 17.7. The molecular formula is C20H13N3O3. The van der Waals surface area contributed by atoms with Crippen molar-refractivity contribution in [2.24, 2.45) is 5.73 Å². The van der Waals surface area contributed by atoms with Crippen molar-refractivity contribution in [3.05, 3.63) is 71.2 Å². The SMILES string of the molecule is N#CC1=C(N)Oc2c(ccc3cccnc23)[C@@H]1c1ccc2c(c1)OCO2. The van der Waals surface area contributed by atoms with Gasteiger partial charge in [-0.15, -0.1) is 0 Å². The molecule has 1 aromatic heterocycles. The van der Waals surface area contributed by atoms with Gasteiger partial charge in [0.1, 0.15) is 17.2 Å². The highest BCUT2D eigenvalue weighted by Gasteiger charge is 2.33. The Balaban J connectivity index is 1.76. The molecule has 3 heterocycles. The molecule has 2 aromatic carbocycles. The minimum atomic E-state index is -0.357. The van der Waals surface area contributed by atoms with Gasteiger partial charge in [0, 0.05) is 17.1 Å². The highest BCUT2D eigenvalue weighted by Crippen LogP contribution is 2.46. The summed E-state index contributed by atoms with van der Waals surface area (Å²) in [5.41, 5.74) is 8.90. The van der Waals surface area contributed by atoms with Crippen LogP contribution in [0.5, 0.6) is 17.2 Å². The first kappa shape index (κ1) is 14.6. The maximum absolute atomic E-state index is 9.69. The van der Waals surface area contributed by atoms with Crippen molar-refractivity contribution in [3.63, 3.8) is 0 Å². The number of pyridine rings is 1. The van der Waals surface area contributed by atoms with Gasteiger partial charge in [0.2, 0.25) is 12.7 Å². The van der Waals surface area contributed by atoms with Gasteiger partial charge in [-0.25, -0.2) is 0 Å². The summed E-state index contributed by atoms with van der Waals surface area (Å²) in [7, 11) is 0. The smallest absolute Gasteiger partial charge is 0.231 e. The molecule has 0 aliphatic carbocycles. The Kier molecular flexibility index (Phi) is 3.03. The molecule has 6 heteroatoms. The fraction of sp³-hybridized carbons (Fsp3) is 0.100. The predicted octanol–water partition coefficient (Wildman–Crippen LogP) is 3.18. The van der Waals surface area contributed by atoms with Crippen molar-refractivity contribution in [1.29, 1.82) is 5.26 Å². The average Bonchev–Trinajstić information content (AvgIpc) is 3.14. The number of benzene rings is 2. The fourth-order valence-electron chi connectivity index (χ4n) is 3.49. The van der Waals surface area contributed by atoms with E-state index >= 15 is 0 Å². The van der Waals surface area contributed by atoms with Crippen LogP contribution in [0.15, 0.2) is 60.1 Å². The van der Waals surface area contributed by atoms with Gasteiger partial charge in [0.25, 0.3) is 0 Å². The van der Waals surface area contributed by atoms with Crippen LogP contribution in [0.3, 0.4) is 0 Å². The molecule has 0 saturated heterocycles. The second kappa shape index (κ2) is 5.39. The molecule has 2 aliphatic rings. The number of ether oxygens (including phenoxy) is 3. The molecule has 0 spiro atoms. The first-order chi connectivity index (χ1) is 12.8. The Morgan fingerprint density at radius 3 is 2.88 bits per heavy atom. The molecule has 0 amide bonds. The number of fused-ring (bicyclic) bond motifs is 4. The summed E-state index contributed by atoms with van der Waals surface area (Å²) in [6, 6.07) is 15.6. The quantitative estimate of drug-likeness (QED) is 0.730. The van der Waals surface area contributed by atoms with Crippen LogP contribution in [0.2, 0.25) is 0 Å². The predicted molar refractivity (Wildman–Crippen MR) is 93.6 cm³/mol. The van der Waals surface area contributed by atoms with Crippen LogP contribution in [0.25, 0.3) is 10.9 Å². The van der Waals surface area contributed by atoms with Gasteiger partial charge in [-0.1, -0.05) is 24.3 Å². The van der Waals surface area contributed by atoms with E-state index in [4.69, 9.17) is 19.9 Å². The standard InChI is InChI=1S/C20H13N3O3/c21-9-14-17(12-4-6-15-16(8-12)25-10-24-15)13-5-3-11-2-1-7-23-18(11)19(13)26-20(14)22/h1-8,17H,10,22H2/t17-/m0/s1. The molecule has 6 nitrogen and oxygen atoms in total. The molecule has 0 bridgehead atoms. The van der Waals surface area contributed by atoms with E-state index in [1.807, 2.05) is 42.5 Å². The number of aromatic nitrogens is 1. The maximum atomic E-state index is 9.69. The second-order valence-corrected chi connectivity index (χ2v) is 6.10. The monoisotopic (exact) mass is 343 g/mol. The van der Waals surface area contributed by atoms with Crippen LogP contribution in [0.4, 0.5) is 0 Å². The van der Waals surface area contributed by atoms with Gasteiger partial charge in [0.15, 0.2) is 17.2 Å². The van der Waals surface area contributed by atoms with Gasteiger partial charge in [-0.3, -0.25) is 4.98 Å². The number of nitriles is 1. The van der Waals surface area contributed by atoms with Crippen molar-refractivity contribution < 1.29 is 14.2 Å². The highest BCUT2D eigenvalue weighted by atomic mass is 16.7. The Morgan fingerprint density at radius 2 is 2.00 bits per heavy atom. The molecule has 5 rings (SSSR count). The van der Waals surface area contributed by atoms with Crippen molar-refractivity contribution >= 4 is 10.9 Å². The van der Waals surface area contributed by atoms with Crippen LogP contribution >= 0.6 is 0 Å². The van der Waals surface area contributed by atoms with E-state index in [-0.39, 0.29) is 18.6 Å². The Morgan fingerprint density at radius 1 is 1.12 bits per heavy atom. The van der Waals surface area contributed by atoms with E-state index in [9.17, 15) is 5.26 Å². The third-order valence-electron chi connectivity index (χ3n) is 4.69. The molecule has 0 unspecified atom stereocenters. The molecule has 1 atom stereocenters. The summed E-state index contributed by atoms with van der Waals surface area (Å²) < 4.78 is 16.7. The number of hydrogen-bond donors (Lipinski definition) is 1.